The monoisotopic (exact) mass is 268 g/mol. The molecule has 4 heteroatoms. The van der Waals surface area contributed by atoms with Crippen molar-refractivity contribution in [3.8, 4) is 5.75 Å². The van der Waals surface area contributed by atoms with Gasteiger partial charge in [0, 0.05) is 18.1 Å². The quantitative estimate of drug-likeness (QED) is 0.846. The van der Waals surface area contributed by atoms with Crippen molar-refractivity contribution in [2.24, 2.45) is 0 Å². The van der Waals surface area contributed by atoms with Gasteiger partial charge in [-0.3, -0.25) is 9.78 Å². The minimum Gasteiger partial charge on any atom is -0.489 e. The summed E-state index contributed by atoms with van der Waals surface area (Å²) in [7, 11) is 0. The molecule has 2 rings (SSSR count). The molecule has 102 valence electrons. The number of amides is 1. The summed E-state index contributed by atoms with van der Waals surface area (Å²) in [4.78, 5) is 15.8. The molecule has 1 N–H and O–H groups in total. The molecule has 4 nitrogen and oxygen atoms in total. The van der Waals surface area contributed by atoms with Crippen molar-refractivity contribution in [3.63, 3.8) is 0 Å². The summed E-state index contributed by atoms with van der Waals surface area (Å²) in [6.45, 7) is 6.17. The first-order valence-electron chi connectivity index (χ1n) is 6.24. The molecular weight excluding hydrogens is 252 g/mol. The second kappa shape index (κ2) is 6.52. The lowest BCUT2D eigenvalue weighted by atomic mass is 10.2. The largest absolute Gasteiger partial charge is 0.489 e. The zero-order valence-corrected chi connectivity index (χ0v) is 11.3. The van der Waals surface area contributed by atoms with Crippen LogP contribution in [0.2, 0.25) is 0 Å². The lowest BCUT2D eigenvalue weighted by Gasteiger charge is -2.08. The number of ether oxygens (including phenoxy) is 1. The Morgan fingerprint density at radius 1 is 1.30 bits per heavy atom. The third-order valence-corrected chi connectivity index (χ3v) is 2.52. The van der Waals surface area contributed by atoms with Crippen molar-refractivity contribution in [1.82, 2.24) is 4.98 Å². The van der Waals surface area contributed by atoms with Gasteiger partial charge in [0.15, 0.2) is 0 Å². The number of nitrogens with one attached hydrogen (secondary N) is 1. The van der Waals surface area contributed by atoms with Crippen LogP contribution in [0.15, 0.2) is 60.9 Å². The van der Waals surface area contributed by atoms with Crippen molar-refractivity contribution < 1.29 is 9.53 Å². The molecule has 1 heterocycles. The fourth-order valence-electron chi connectivity index (χ4n) is 1.54. The molecule has 0 aliphatic rings. The molecule has 0 aliphatic heterocycles. The number of carbonyl (C=O) groups is 1. The molecule has 0 radical (unpaired) electrons. The predicted molar refractivity (Wildman–Crippen MR) is 78.9 cm³/mol. The Labute approximate surface area is 118 Å². The van der Waals surface area contributed by atoms with Crippen LogP contribution in [-0.2, 0) is 0 Å². The van der Waals surface area contributed by atoms with Gasteiger partial charge in [0.2, 0.25) is 0 Å². The lowest BCUT2D eigenvalue weighted by Crippen LogP contribution is -2.11. The van der Waals surface area contributed by atoms with E-state index in [1.807, 2.05) is 19.1 Å². The average molecular weight is 268 g/mol. The molecule has 0 saturated carbocycles. The Balaban J connectivity index is 1.97. The highest BCUT2D eigenvalue weighted by Gasteiger charge is 2.05. The SMILES string of the molecule is C=C(C)COc1ccc(NC(=O)c2cccnc2)cc1. The summed E-state index contributed by atoms with van der Waals surface area (Å²) in [5, 5.41) is 2.80. The molecule has 1 aromatic carbocycles. The van der Waals surface area contributed by atoms with Gasteiger partial charge in [-0.25, -0.2) is 0 Å². The van der Waals surface area contributed by atoms with Crippen molar-refractivity contribution in [3.05, 3.63) is 66.5 Å². The third kappa shape index (κ3) is 3.95. The van der Waals surface area contributed by atoms with Crippen LogP contribution in [0.5, 0.6) is 5.75 Å². The minimum atomic E-state index is -0.186. The number of aromatic nitrogens is 1. The lowest BCUT2D eigenvalue weighted by molar-refractivity contribution is 0.102. The van der Waals surface area contributed by atoms with E-state index in [4.69, 9.17) is 4.74 Å². The van der Waals surface area contributed by atoms with Crippen LogP contribution in [0.1, 0.15) is 17.3 Å². The highest BCUT2D eigenvalue weighted by atomic mass is 16.5. The van der Waals surface area contributed by atoms with Crippen molar-refractivity contribution in [1.29, 1.82) is 0 Å². The number of pyridine rings is 1. The first-order valence-corrected chi connectivity index (χ1v) is 6.24. The summed E-state index contributed by atoms with van der Waals surface area (Å²) in [6.07, 6.45) is 3.16. The van der Waals surface area contributed by atoms with Crippen molar-refractivity contribution >= 4 is 11.6 Å². The summed E-state index contributed by atoms with van der Waals surface area (Å²) in [6, 6.07) is 10.6. The highest BCUT2D eigenvalue weighted by Crippen LogP contribution is 2.16. The number of rotatable bonds is 5. The number of benzene rings is 1. The van der Waals surface area contributed by atoms with E-state index in [1.54, 1.807) is 30.5 Å². The third-order valence-electron chi connectivity index (χ3n) is 2.52. The normalized spacial score (nSPS) is 9.85. The number of carbonyl (C=O) groups excluding carboxylic acids is 1. The first-order chi connectivity index (χ1) is 9.65. The predicted octanol–water partition coefficient (Wildman–Crippen LogP) is 3.29. The molecule has 0 aliphatic carbocycles. The molecule has 0 saturated heterocycles. The fraction of sp³-hybridized carbons (Fsp3) is 0.125. The summed E-state index contributed by atoms with van der Waals surface area (Å²) in [5.74, 6) is 0.557. The van der Waals surface area contributed by atoms with E-state index in [2.05, 4.69) is 16.9 Å². The molecule has 2 aromatic rings. The minimum absolute atomic E-state index is 0.186. The van der Waals surface area contributed by atoms with Crippen LogP contribution in [0.3, 0.4) is 0 Å². The van der Waals surface area contributed by atoms with Gasteiger partial charge in [-0.15, -0.1) is 0 Å². The number of hydrogen-bond donors (Lipinski definition) is 1. The van der Waals surface area contributed by atoms with E-state index >= 15 is 0 Å². The Kier molecular flexibility index (Phi) is 4.50. The fourth-order valence-corrected chi connectivity index (χ4v) is 1.54. The van der Waals surface area contributed by atoms with E-state index in [1.165, 1.54) is 6.20 Å². The summed E-state index contributed by atoms with van der Waals surface area (Å²) < 4.78 is 5.49. The van der Waals surface area contributed by atoms with Gasteiger partial charge >= 0.3 is 0 Å². The van der Waals surface area contributed by atoms with Crippen molar-refractivity contribution in [2.75, 3.05) is 11.9 Å². The van der Waals surface area contributed by atoms with E-state index in [0.29, 0.717) is 17.9 Å². The van der Waals surface area contributed by atoms with Gasteiger partial charge in [0.05, 0.1) is 5.56 Å². The first kappa shape index (κ1) is 13.8. The van der Waals surface area contributed by atoms with E-state index < -0.39 is 0 Å². The summed E-state index contributed by atoms with van der Waals surface area (Å²) >= 11 is 0. The van der Waals surface area contributed by atoms with Gasteiger partial charge < -0.3 is 10.1 Å². The van der Waals surface area contributed by atoms with Crippen LogP contribution >= 0.6 is 0 Å². The molecule has 0 spiro atoms. The Morgan fingerprint density at radius 2 is 2.05 bits per heavy atom. The molecule has 0 bridgehead atoms. The summed E-state index contributed by atoms with van der Waals surface area (Å²) in [5.41, 5.74) is 2.19. The van der Waals surface area contributed by atoms with E-state index in [0.717, 1.165) is 11.3 Å². The average Bonchev–Trinajstić information content (AvgIpc) is 2.47. The van der Waals surface area contributed by atoms with Crippen LogP contribution in [0.4, 0.5) is 5.69 Å². The van der Waals surface area contributed by atoms with Gasteiger partial charge in [0.25, 0.3) is 5.91 Å². The van der Waals surface area contributed by atoms with Crippen LogP contribution in [-0.4, -0.2) is 17.5 Å². The Hall–Kier alpha value is -2.62. The smallest absolute Gasteiger partial charge is 0.257 e. The molecule has 0 unspecified atom stereocenters. The zero-order chi connectivity index (χ0) is 14.4. The second-order valence-corrected chi connectivity index (χ2v) is 4.47. The van der Waals surface area contributed by atoms with E-state index in [9.17, 15) is 4.79 Å². The van der Waals surface area contributed by atoms with Gasteiger partial charge in [-0.05, 0) is 48.9 Å². The number of anilines is 1. The van der Waals surface area contributed by atoms with Crippen LogP contribution in [0.25, 0.3) is 0 Å². The molecular formula is C16H16N2O2. The van der Waals surface area contributed by atoms with Gasteiger partial charge in [-0.1, -0.05) is 6.58 Å². The molecule has 1 amide bonds. The molecule has 0 atom stereocenters. The second-order valence-electron chi connectivity index (χ2n) is 4.47. The van der Waals surface area contributed by atoms with Crippen LogP contribution in [0, 0.1) is 0 Å². The Bertz CT molecular complexity index is 592. The van der Waals surface area contributed by atoms with Gasteiger partial charge in [0.1, 0.15) is 12.4 Å². The topological polar surface area (TPSA) is 51.2 Å². The molecule has 20 heavy (non-hydrogen) atoms. The van der Waals surface area contributed by atoms with Crippen LogP contribution < -0.4 is 10.1 Å². The molecule has 0 fully saturated rings. The zero-order valence-electron chi connectivity index (χ0n) is 11.3. The number of hydrogen-bond acceptors (Lipinski definition) is 3. The maximum absolute atomic E-state index is 11.9. The van der Waals surface area contributed by atoms with Gasteiger partial charge in [-0.2, -0.15) is 0 Å². The molecule has 1 aromatic heterocycles. The maximum Gasteiger partial charge on any atom is 0.257 e. The standard InChI is InChI=1S/C16H16N2O2/c1-12(2)11-20-15-7-5-14(6-8-15)18-16(19)13-4-3-9-17-10-13/h3-10H,1,11H2,2H3,(H,18,19). The highest BCUT2D eigenvalue weighted by molar-refractivity contribution is 6.04. The Morgan fingerprint density at radius 3 is 2.65 bits per heavy atom. The number of nitrogens with zero attached hydrogens (tertiary/aromatic N) is 1. The van der Waals surface area contributed by atoms with E-state index in [-0.39, 0.29) is 5.91 Å². The van der Waals surface area contributed by atoms with Crippen molar-refractivity contribution in [2.45, 2.75) is 6.92 Å². The maximum atomic E-state index is 11.9.